The molecule has 0 aromatic heterocycles. The molecule has 150 valence electrons. The topological polar surface area (TPSA) is 111 Å². The van der Waals surface area contributed by atoms with Crippen LogP contribution in [-0.4, -0.2) is 31.1 Å². The molecule has 0 saturated heterocycles. The van der Waals surface area contributed by atoms with E-state index in [4.69, 9.17) is 9.47 Å². The van der Waals surface area contributed by atoms with Gasteiger partial charge in [0, 0.05) is 17.8 Å². The first-order valence-electron chi connectivity index (χ1n) is 8.65. The summed E-state index contributed by atoms with van der Waals surface area (Å²) in [5.74, 6) is 0.0223. The van der Waals surface area contributed by atoms with Gasteiger partial charge in [0.15, 0.2) is 0 Å². The average molecular weight is 397 g/mol. The van der Waals surface area contributed by atoms with Crippen LogP contribution >= 0.6 is 0 Å². The molecule has 1 aliphatic rings. The average Bonchev–Trinajstić information content (AvgIpc) is 2.73. The number of non-ortho nitro benzene ring substituents is 1. The number of anilines is 1. The smallest absolute Gasteiger partial charge is 0.337 e. The number of hydrogen-bond donors (Lipinski definition) is 1. The number of nitrogens with zero attached hydrogens (tertiary/aromatic N) is 2. The zero-order valence-electron chi connectivity index (χ0n) is 16.0. The maximum Gasteiger partial charge on any atom is 0.337 e. The minimum absolute atomic E-state index is 0.0870. The minimum atomic E-state index is -0.801. The van der Waals surface area contributed by atoms with Crippen LogP contribution < -0.4 is 15.0 Å². The molecule has 1 aliphatic heterocycles. The highest BCUT2D eigenvalue weighted by Gasteiger charge is 2.37. The van der Waals surface area contributed by atoms with Crippen molar-refractivity contribution in [2.45, 2.75) is 13.0 Å². The highest BCUT2D eigenvalue weighted by atomic mass is 16.6. The van der Waals surface area contributed by atoms with E-state index in [2.05, 4.69) is 5.32 Å². The predicted octanol–water partition coefficient (Wildman–Crippen LogP) is 3.32. The van der Waals surface area contributed by atoms with Gasteiger partial charge in [-0.25, -0.2) is 9.59 Å². The molecular formula is C20H19N3O6. The number of amides is 2. The van der Waals surface area contributed by atoms with Crippen LogP contribution in [0.2, 0.25) is 0 Å². The summed E-state index contributed by atoms with van der Waals surface area (Å²) in [7, 11) is 2.79. The number of rotatable bonds is 5. The molecule has 0 spiro atoms. The molecule has 0 bridgehead atoms. The summed E-state index contributed by atoms with van der Waals surface area (Å²) in [6.45, 7) is 1.65. The van der Waals surface area contributed by atoms with E-state index in [1.54, 1.807) is 31.2 Å². The molecule has 2 aromatic carbocycles. The number of urea groups is 1. The number of carbonyl (C=O) groups is 2. The van der Waals surface area contributed by atoms with Crippen LogP contribution in [-0.2, 0) is 9.53 Å². The van der Waals surface area contributed by atoms with Gasteiger partial charge in [-0.2, -0.15) is 0 Å². The highest BCUT2D eigenvalue weighted by Crippen LogP contribution is 2.35. The van der Waals surface area contributed by atoms with Crippen molar-refractivity contribution in [3.8, 4) is 5.75 Å². The summed E-state index contributed by atoms with van der Waals surface area (Å²) in [4.78, 5) is 37.1. The summed E-state index contributed by atoms with van der Waals surface area (Å²) in [6, 6.07) is 11.2. The summed E-state index contributed by atoms with van der Waals surface area (Å²) < 4.78 is 10.1. The monoisotopic (exact) mass is 397 g/mol. The summed E-state index contributed by atoms with van der Waals surface area (Å²) in [6.07, 6.45) is 0. The Hall–Kier alpha value is -3.88. The standard InChI is InChI=1S/C20H19N3O6/c1-12-17(19(24)29-3)18(13-4-6-15(7-5-13)23(26)27)21-20(25)22(12)14-8-10-16(28-2)11-9-14/h4-11,18H,1-3H3,(H,21,25)/t18-/m0/s1. The van der Waals surface area contributed by atoms with Gasteiger partial charge < -0.3 is 14.8 Å². The molecule has 2 amide bonds. The van der Waals surface area contributed by atoms with Crippen molar-refractivity contribution in [1.82, 2.24) is 5.32 Å². The number of nitro benzene ring substituents is 1. The summed E-state index contributed by atoms with van der Waals surface area (Å²) >= 11 is 0. The molecular weight excluding hydrogens is 378 g/mol. The Balaban J connectivity index is 2.07. The third kappa shape index (κ3) is 3.75. The fourth-order valence-corrected chi connectivity index (χ4v) is 3.20. The van der Waals surface area contributed by atoms with E-state index in [-0.39, 0.29) is 11.3 Å². The Morgan fingerprint density at radius 1 is 1.10 bits per heavy atom. The number of benzene rings is 2. The first-order valence-corrected chi connectivity index (χ1v) is 8.65. The molecule has 0 fully saturated rings. The zero-order chi connectivity index (χ0) is 21.1. The number of nitro groups is 1. The molecule has 1 heterocycles. The fourth-order valence-electron chi connectivity index (χ4n) is 3.20. The number of hydrogen-bond acceptors (Lipinski definition) is 6. The van der Waals surface area contributed by atoms with E-state index < -0.39 is 23.0 Å². The van der Waals surface area contributed by atoms with E-state index in [9.17, 15) is 19.7 Å². The lowest BCUT2D eigenvalue weighted by atomic mass is 9.94. The van der Waals surface area contributed by atoms with Crippen molar-refractivity contribution in [3.05, 3.63) is 75.5 Å². The molecule has 1 N–H and O–H groups in total. The maximum absolute atomic E-state index is 12.9. The van der Waals surface area contributed by atoms with Crippen LogP contribution in [0.3, 0.4) is 0 Å². The lowest BCUT2D eigenvalue weighted by Crippen LogP contribution is -2.48. The molecule has 2 aromatic rings. The molecule has 0 aliphatic carbocycles. The molecule has 9 nitrogen and oxygen atoms in total. The van der Waals surface area contributed by atoms with Gasteiger partial charge in [0.2, 0.25) is 0 Å². The SMILES string of the molecule is COC(=O)C1=C(C)N(c2ccc(OC)cc2)C(=O)N[C@H]1c1ccc([N+](=O)[O-])cc1. The van der Waals surface area contributed by atoms with Gasteiger partial charge in [0.25, 0.3) is 5.69 Å². The molecule has 29 heavy (non-hydrogen) atoms. The van der Waals surface area contributed by atoms with Crippen molar-refractivity contribution in [3.63, 3.8) is 0 Å². The molecule has 9 heteroatoms. The summed E-state index contributed by atoms with van der Waals surface area (Å²) in [5, 5.41) is 13.7. The van der Waals surface area contributed by atoms with Gasteiger partial charge in [-0.3, -0.25) is 15.0 Å². The van der Waals surface area contributed by atoms with Gasteiger partial charge in [-0.05, 0) is 48.9 Å². The Morgan fingerprint density at radius 2 is 1.72 bits per heavy atom. The predicted molar refractivity (Wildman–Crippen MR) is 105 cm³/mol. The number of esters is 1. The van der Waals surface area contributed by atoms with E-state index in [1.165, 1.54) is 43.4 Å². The Labute approximate surface area is 166 Å². The van der Waals surface area contributed by atoms with Crippen molar-refractivity contribution >= 4 is 23.4 Å². The molecule has 0 saturated carbocycles. The van der Waals surface area contributed by atoms with E-state index >= 15 is 0 Å². The lowest BCUT2D eigenvalue weighted by molar-refractivity contribution is -0.384. The second-order valence-electron chi connectivity index (χ2n) is 6.26. The van der Waals surface area contributed by atoms with Crippen LogP contribution in [0.15, 0.2) is 59.8 Å². The number of nitrogens with one attached hydrogen (secondary N) is 1. The van der Waals surface area contributed by atoms with Gasteiger partial charge in [0.05, 0.1) is 36.4 Å². The molecule has 1 atom stereocenters. The van der Waals surface area contributed by atoms with E-state index in [0.29, 0.717) is 22.7 Å². The number of carbonyl (C=O) groups excluding carboxylic acids is 2. The van der Waals surface area contributed by atoms with E-state index in [0.717, 1.165) is 0 Å². The third-order valence-electron chi connectivity index (χ3n) is 4.66. The molecule has 0 unspecified atom stereocenters. The normalized spacial score (nSPS) is 16.3. The van der Waals surface area contributed by atoms with Crippen molar-refractivity contribution < 1.29 is 24.0 Å². The van der Waals surface area contributed by atoms with Gasteiger partial charge in [-0.15, -0.1) is 0 Å². The number of ether oxygens (including phenoxy) is 2. The van der Waals surface area contributed by atoms with Crippen LogP contribution in [0.25, 0.3) is 0 Å². The van der Waals surface area contributed by atoms with Gasteiger partial charge in [0.1, 0.15) is 5.75 Å². The highest BCUT2D eigenvalue weighted by molar-refractivity contribution is 6.03. The Bertz CT molecular complexity index is 982. The first kappa shape index (κ1) is 19.9. The van der Waals surface area contributed by atoms with Crippen LogP contribution in [0.1, 0.15) is 18.5 Å². The van der Waals surface area contributed by atoms with Gasteiger partial charge in [-0.1, -0.05) is 0 Å². The van der Waals surface area contributed by atoms with Crippen LogP contribution in [0.4, 0.5) is 16.2 Å². The lowest BCUT2D eigenvalue weighted by Gasteiger charge is -2.35. The quantitative estimate of drug-likeness (QED) is 0.471. The third-order valence-corrected chi connectivity index (χ3v) is 4.66. The van der Waals surface area contributed by atoms with Gasteiger partial charge >= 0.3 is 12.0 Å². The summed E-state index contributed by atoms with van der Waals surface area (Å²) in [5.41, 5.74) is 1.62. The Kier molecular flexibility index (Phi) is 5.49. The van der Waals surface area contributed by atoms with Crippen molar-refractivity contribution in [1.29, 1.82) is 0 Å². The largest absolute Gasteiger partial charge is 0.497 e. The van der Waals surface area contributed by atoms with Crippen molar-refractivity contribution in [2.75, 3.05) is 19.1 Å². The minimum Gasteiger partial charge on any atom is -0.497 e. The zero-order valence-corrected chi connectivity index (χ0v) is 16.0. The fraction of sp³-hybridized carbons (Fsp3) is 0.200. The van der Waals surface area contributed by atoms with E-state index in [1.807, 2.05) is 0 Å². The second-order valence-corrected chi connectivity index (χ2v) is 6.26. The number of allylic oxidation sites excluding steroid dienone is 1. The second kappa shape index (κ2) is 8.01. The van der Waals surface area contributed by atoms with Crippen LogP contribution in [0.5, 0.6) is 5.75 Å². The Morgan fingerprint density at radius 3 is 2.24 bits per heavy atom. The maximum atomic E-state index is 12.9. The number of methoxy groups -OCH3 is 2. The van der Waals surface area contributed by atoms with Crippen molar-refractivity contribution in [2.24, 2.45) is 0 Å². The first-order chi connectivity index (χ1) is 13.9. The molecule has 3 rings (SSSR count). The molecule has 0 radical (unpaired) electrons. The van der Waals surface area contributed by atoms with Crippen LogP contribution in [0, 0.1) is 10.1 Å².